The number of anilines is 1. The average molecular weight is 341 g/mol. The zero-order valence-electron chi connectivity index (χ0n) is 9.86. The van der Waals surface area contributed by atoms with Gasteiger partial charge in [-0.25, -0.2) is 0 Å². The van der Waals surface area contributed by atoms with Crippen molar-refractivity contribution in [3.05, 3.63) is 63.1 Å². The maximum atomic E-state index is 12.1. The smallest absolute Gasteiger partial charge is 0.256 e. The predicted octanol–water partition coefficient (Wildman–Crippen LogP) is 3.85. The number of benzene rings is 2. The van der Waals surface area contributed by atoms with Gasteiger partial charge in [-0.2, -0.15) is 0 Å². The molecular formula is C14H11BrClNO2. The molecular weight excluding hydrogens is 330 g/mol. The molecule has 0 saturated carbocycles. The zero-order chi connectivity index (χ0) is 13.8. The normalized spacial score (nSPS) is 10.3. The Labute approximate surface area is 124 Å². The Balaban J connectivity index is 2.18. The summed E-state index contributed by atoms with van der Waals surface area (Å²) in [4.78, 5) is 12.1. The van der Waals surface area contributed by atoms with E-state index in [1.54, 1.807) is 42.5 Å². The number of rotatable bonds is 3. The maximum Gasteiger partial charge on any atom is 0.256 e. The minimum atomic E-state index is -0.244. The fourth-order valence-corrected chi connectivity index (χ4v) is 2.16. The van der Waals surface area contributed by atoms with Gasteiger partial charge in [0.2, 0.25) is 0 Å². The third kappa shape index (κ3) is 3.56. The van der Waals surface area contributed by atoms with E-state index in [0.717, 1.165) is 5.56 Å². The molecule has 0 radical (unpaired) electrons. The van der Waals surface area contributed by atoms with Crippen molar-refractivity contribution >= 4 is 39.1 Å². The van der Waals surface area contributed by atoms with E-state index >= 15 is 0 Å². The summed E-state index contributed by atoms with van der Waals surface area (Å²) in [7, 11) is 0. The predicted molar refractivity (Wildman–Crippen MR) is 79.5 cm³/mol. The number of aliphatic hydroxyl groups is 1. The minimum Gasteiger partial charge on any atom is -0.392 e. The number of halogens is 2. The second kappa shape index (κ2) is 6.19. The van der Waals surface area contributed by atoms with Crippen LogP contribution in [-0.4, -0.2) is 11.0 Å². The van der Waals surface area contributed by atoms with Crippen LogP contribution in [0.15, 0.2) is 46.9 Å². The molecule has 2 rings (SSSR count). The molecule has 2 N–H and O–H groups in total. The Kier molecular flexibility index (Phi) is 4.58. The highest BCUT2D eigenvalue weighted by Crippen LogP contribution is 2.22. The van der Waals surface area contributed by atoms with E-state index in [1.807, 2.05) is 0 Å². The molecule has 0 heterocycles. The Morgan fingerprint density at radius 2 is 1.89 bits per heavy atom. The number of hydrogen-bond acceptors (Lipinski definition) is 2. The van der Waals surface area contributed by atoms with Crippen molar-refractivity contribution in [2.45, 2.75) is 6.61 Å². The number of amides is 1. The number of carbonyl (C=O) groups is 1. The molecule has 0 bridgehead atoms. The summed E-state index contributed by atoms with van der Waals surface area (Å²) < 4.78 is 0.682. The van der Waals surface area contributed by atoms with Crippen molar-refractivity contribution in [1.82, 2.24) is 0 Å². The van der Waals surface area contributed by atoms with Crippen LogP contribution >= 0.6 is 27.5 Å². The van der Waals surface area contributed by atoms with Gasteiger partial charge in [0.05, 0.1) is 12.2 Å². The number of aliphatic hydroxyl groups excluding tert-OH is 1. The summed E-state index contributed by atoms with van der Waals surface area (Å²) in [6, 6.07) is 12.0. The van der Waals surface area contributed by atoms with Crippen LogP contribution in [0.4, 0.5) is 5.69 Å². The molecule has 0 unspecified atom stereocenters. The number of nitrogens with one attached hydrogen (secondary N) is 1. The molecule has 0 spiro atoms. The first-order valence-electron chi connectivity index (χ1n) is 5.56. The molecule has 19 heavy (non-hydrogen) atoms. The zero-order valence-corrected chi connectivity index (χ0v) is 12.2. The third-order valence-electron chi connectivity index (χ3n) is 2.57. The van der Waals surface area contributed by atoms with E-state index < -0.39 is 0 Å². The van der Waals surface area contributed by atoms with Gasteiger partial charge in [-0.3, -0.25) is 4.79 Å². The van der Waals surface area contributed by atoms with Crippen molar-refractivity contribution in [2.75, 3.05) is 5.32 Å². The molecule has 5 heteroatoms. The molecule has 3 nitrogen and oxygen atoms in total. The Hall–Kier alpha value is -1.36. The van der Waals surface area contributed by atoms with Gasteiger partial charge in [0, 0.05) is 15.2 Å². The fraction of sp³-hybridized carbons (Fsp3) is 0.0714. The average Bonchev–Trinajstić information content (AvgIpc) is 2.42. The molecule has 0 fully saturated rings. The first kappa shape index (κ1) is 14.1. The first-order chi connectivity index (χ1) is 9.10. The van der Waals surface area contributed by atoms with Crippen molar-refractivity contribution in [3.8, 4) is 0 Å². The van der Waals surface area contributed by atoms with Crippen LogP contribution in [0.5, 0.6) is 0 Å². The van der Waals surface area contributed by atoms with Crippen LogP contribution in [0.25, 0.3) is 0 Å². The molecule has 0 aromatic heterocycles. The highest BCUT2D eigenvalue weighted by atomic mass is 79.9. The number of carbonyl (C=O) groups excluding carboxylic acids is 1. The summed E-state index contributed by atoms with van der Waals surface area (Å²) in [6.07, 6.45) is 0. The van der Waals surface area contributed by atoms with E-state index in [2.05, 4.69) is 21.2 Å². The lowest BCUT2D eigenvalue weighted by Crippen LogP contribution is -2.12. The summed E-state index contributed by atoms with van der Waals surface area (Å²) in [6.45, 7) is -0.0198. The van der Waals surface area contributed by atoms with Crippen LogP contribution in [-0.2, 0) is 6.61 Å². The topological polar surface area (TPSA) is 49.3 Å². The third-order valence-corrected chi connectivity index (χ3v) is 3.49. The largest absolute Gasteiger partial charge is 0.392 e. The molecule has 98 valence electrons. The summed E-state index contributed by atoms with van der Waals surface area (Å²) in [5.74, 6) is -0.244. The molecule has 2 aromatic rings. The lowest BCUT2D eigenvalue weighted by molar-refractivity contribution is 0.102. The van der Waals surface area contributed by atoms with Crippen molar-refractivity contribution < 1.29 is 9.90 Å². The molecule has 0 atom stereocenters. The fourth-order valence-electron chi connectivity index (χ4n) is 1.56. The van der Waals surface area contributed by atoms with E-state index in [9.17, 15) is 4.79 Å². The van der Waals surface area contributed by atoms with Crippen molar-refractivity contribution in [3.63, 3.8) is 0 Å². The van der Waals surface area contributed by atoms with Crippen molar-refractivity contribution in [1.29, 1.82) is 0 Å². The van der Waals surface area contributed by atoms with Gasteiger partial charge in [-0.05, 0) is 51.8 Å². The monoisotopic (exact) mass is 339 g/mol. The standard InChI is InChI=1S/C14H11BrClNO2/c15-13-6-3-10(16)7-12(13)14(19)17-11-4-1-9(8-18)2-5-11/h1-7,18H,8H2,(H,17,19). The van der Waals surface area contributed by atoms with Gasteiger partial charge in [0.25, 0.3) is 5.91 Å². The lowest BCUT2D eigenvalue weighted by Gasteiger charge is -2.08. The van der Waals surface area contributed by atoms with E-state index in [0.29, 0.717) is 20.7 Å². The van der Waals surface area contributed by atoms with Crippen LogP contribution in [0.2, 0.25) is 5.02 Å². The van der Waals surface area contributed by atoms with E-state index in [-0.39, 0.29) is 12.5 Å². The van der Waals surface area contributed by atoms with Gasteiger partial charge in [0.1, 0.15) is 0 Å². The molecule has 0 aliphatic rings. The Bertz CT molecular complexity index is 599. The molecule has 0 aliphatic carbocycles. The Morgan fingerprint density at radius 3 is 2.53 bits per heavy atom. The molecule has 0 aliphatic heterocycles. The lowest BCUT2D eigenvalue weighted by atomic mass is 10.2. The summed E-state index contributed by atoms with van der Waals surface area (Å²) in [5, 5.41) is 12.2. The second-order valence-electron chi connectivity index (χ2n) is 3.93. The molecule has 0 saturated heterocycles. The van der Waals surface area contributed by atoms with Gasteiger partial charge in [-0.15, -0.1) is 0 Å². The SMILES string of the molecule is O=C(Nc1ccc(CO)cc1)c1cc(Cl)ccc1Br. The van der Waals surface area contributed by atoms with Crippen LogP contribution < -0.4 is 5.32 Å². The van der Waals surface area contributed by atoms with Crippen LogP contribution in [0.1, 0.15) is 15.9 Å². The number of hydrogen-bond donors (Lipinski definition) is 2. The summed E-state index contributed by atoms with van der Waals surface area (Å²) >= 11 is 9.19. The Morgan fingerprint density at radius 1 is 1.21 bits per heavy atom. The highest BCUT2D eigenvalue weighted by Gasteiger charge is 2.10. The second-order valence-corrected chi connectivity index (χ2v) is 5.22. The summed E-state index contributed by atoms with van der Waals surface area (Å²) in [5.41, 5.74) is 1.93. The van der Waals surface area contributed by atoms with E-state index in [1.165, 1.54) is 0 Å². The van der Waals surface area contributed by atoms with Gasteiger partial charge >= 0.3 is 0 Å². The minimum absolute atomic E-state index is 0.0198. The van der Waals surface area contributed by atoms with Crippen molar-refractivity contribution in [2.24, 2.45) is 0 Å². The van der Waals surface area contributed by atoms with E-state index in [4.69, 9.17) is 16.7 Å². The maximum absolute atomic E-state index is 12.1. The highest BCUT2D eigenvalue weighted by molar-refractivity contribution is 9.10. The van der Waals surface area contributed by atoms with Gasteiger partial charge in [0.15, 0.2) is 0 Å². The van der Waals surface area contributed by atoms with Gasteiger partial charge < -0.3 is 10.4 Å². The molecule has 1 amide bonds. The first-order valence-corrected chi connectivity index (χ1v) is 6.73. The molecule has 2 aromatic carbocycles. The van der Waals surface area contributed by atoms with Gasteiger partial charge in [-0.1, -0.05) is 23.7 Å². The van der Waals surface area contributed by atoms with Crippen LogP contribution in [0.3, 0.4) is 0 Å². The quantitative estimate of drug-likeness (QED) is 0.891. The van der Waals surface area contributed by atoms with Crippen LogP contribution in [0, 0.1) is 0 Å².